The van der Waals surface area contributed by atoms with Crippen LogP contribution >= 0.6 is 22.6 Å². The monoisotopic (exact) mass is 377 g/mol. The number of carbonyl (C=O) groups is 2. The van der Waals surface area contributed by atoms with Crippen molar-refractivity contribution >= 4 is 34.5 Å². The van der Waals surface area contributed by atoms with E-state index in [0.717, 1.165) is 12.8 Å². The van der Waals surface area contributed by atoms with Gasteiger partial charge in [-0.05, 0) is 66.5 Å². The Kier molecular flexibility index (Phi) is 3.80. The van der Waals surface area contributed by atoms with Crippen molar-refractivity contribution in [3.05, 3.63) is 33.1 Å². The van der Waals surface area contributed by atoms with E-state index in [4.69, 9.17) is 0 Å². The Labute approximate surface area is 123 Å². The van der Waals surface area contributed by atoms with Crippen LogP contribution in [0.2, 0.25) is 0 Å². The molecule has 102 valence electrons. The van der Waals surface area contributed by atoms with Gasteiger partial charge in [0.15, 0.2) is 0 Å². The molecule has 0 spiro atoms. The molecule has 1 unspecified atom stereocenters. The molecule has 1 aromatic carbocycles. The Morgan fingerprint density at radius 1 is 1.47 bits per heavy atom. The fourth-order valence-corrected chi connectivity index (χ4v) is 2.69. The van der Waals surface area contributed by atoms with Gasteiger partial charge in [0.2, 0.25) is 0 Å². The number of nitrogens with one attached hydrogen (secondary N) is 1. The maximum Gasteiger partial charge on any atom is 0.329 e. The van der Waals surface area contributed by atoms with Crippen LogP contribution in [0.15, 0.2) is 18.2 Å². The summed E-state index contributed by atoms with van der Waals surface area (Å²) in [4.78, 5) is 23.5. The van der Waals surface area contributed by atoms with Crippen molar-refractivity contribution in [3.8, 4) is 0 Å². The van der Waals surface area contributed by atoms with Gasteiger partial charge in [0.1, 0.15) is 11.4 Å². The lowest BCUT2D eigenvalue weighted by Crippen LogP contribution is -2.54. The first-order valence-corrected chi connectivity index (χ1v) is 6.93. The van der Waals surface area contributed by atoms with Crippen molar-refractivity contribution in [2.75, 3.05) is 0 Å². The molecule has 2 rings (SSSR count). The summed E-state index contributed by atoms with van der Waals surface area (Å²) in [6.07, 6.45) is 1.59. The quantitative estimate of drug-likeness (QED) is 0.793. The maximum absolute atomic E-state index is 13.0. The first-order valence-electron chi connectivity index (χ1n) is 5.85. The molecule has 19 heavy (non-hydrogen) atoms. The standard InChI is InChI=1S/C13H13FINO3/c1-13(12(18)19,7-2-3-7)16-11(17)9-5-4-8(14)6-10(9)15/h4-7H,2-3H2,1H3,(H,16,17)(H,18,19). The molecule has 1 saturated carbocycles. The number of amides is 1. The van der Waals surface area contributed by atoms with E-state index in [2.05, 4.69) is 5.32 Å². The molecule has 2 N–H and O–H groups in total. The third-order valence-electron chi connectivity index (χ3n) is 3.39. The average molecular weight is 377 g/mol. The molecule has 1 fully saturated rings. The molecular weight excluding hydrogens is 364 g/mol. The zero-order chi connectivity index (χ0) is 14.2. The molecule has 4 nitrogen and oxygen atoms in total. The van der Waals surface area contributed by atoms with Crippen molar-refractivity contribution in [2.24, 2.45) is 5.92 Å². The van der Waals surface area contributed by atoms with Gasteiger partial charge < -0.3 is 10.4 Å². The summed E-state index contributed by atoms with van der Waals surface area (Å²) in [5, 5.41) is 11.8. The number of hydrogen-bond donors (Lipinski definition) is 2. The lowest BCUT2D eigenvalue weighted by molar-refractivity contribution is -0.144. The molecular formula is C13H13FINO3. The number of rotatable bonds is 4. The van der Waals surface area contributed by atoms with Gasteiger partial charge in [-0.15, -0.1) is 0 Å². The molecule has 0 radical (unpaired) electrons. The first-order chi connectivity index (χ1) is 8.84. The highest BCUT2D eigenvalue weighted by atomic mass is 127. The number of carboxylic acids is 1. The van der Waals surface area contributed by atoms with Crippen molar-refractivity contribution in [3.63, 3.8) is 0 Å². The Hall–Kier alpha value is -1.18. The highest BCUT2D eigenvalue weighted by Gasteiger charge is 2.48. The molecule has 0 aromatic heterocycles. The molecule has 6 heteroatoms. The molecule has 1 amide bonds. The Morgan fingerprint density at radius 2 is 2.11 bits per heavy atom. The highest BCUT2D eigenvalue weighted by Crippen LogP contribution is 2.40. The number of carboxylic acid groups (broad SMARTS) is 1. The number of halogens is 2. The first kappa shape index (κ1) is 14.2. The van der Waals surface area contributed by atoms with E-state index < -0.39 is 23.2 Å². The van der Waals surface area contributed by atoms with Crippen LogP contribution in [0.25, 0.3) is 0 Å². The van der Waals surface area contributed by atoms with Crippen molar-refractivity contribution in [1.82, 2.24) is 5.32 Å². The van der Waals surface area contributed by atoms with Gasteiger partial charge in [-0.3, -0.25) is 4.79 Å². The van der Waals surface area contributed by atoms with Crippen LogP contribution in [-0.4, -0.2) is 22.5 Å². The van der Waals surface area contributed by atoms with E-state index in [1.807, 2.05) is 22.6 Å². The molecule has 0 saturated heterocycles. The van der Waals surface area contributed by atoms with Gasteiger partial charge in [0.25, 0.3) is 5.91 Å². The summed E-state index contributed by atoms with van der Waals surface area (Å²) in [6, 6.07) is 3.79. The van der Waals surface area contributed by atoms with E-state index in [0.29, 0.717) is 3.57 Å². The van der Waals surface area contributed by atoms with Gasteiger partial charge in [0.05, 0.1) is 5.56 Å². The predicted molar refractivity (Wildman–Crippen MR) is 75.3 cm³/mol. The predicted octanol–water partition coefficient (Wildman–Crippen LogP) is 2.41. The average Bonchev–Trinajstić information content (AvgIpc) is 3.11. The van der Waals surface area contributed by atoms with Crippen LogP contribution in [0.3, 0.4) is 0 Å². The van der Waals surface area contributed by atoms with E-state index in [-0.39, 0.29) is 11.5 Å². The number of carbonyl (C=O) groups excluding carboxylic acids is 1. The summed E-state index contributed by atoms with van der Waals surface area (Å²) >= 11 is 1.85. The van der Waals surface area contributed by atoms with Crippen LogP contribution < -0.4 is 5.32 Å². The second-order valence-corrected chi connectivity index (χ2v) is 6.02. The minimum Gasteiger partial charge on any atom is -0.480 e. The zero-order valence-electron chi connectivity index (χ0n) is 10.2. The molecule has 1 atom stereocenters. The Balaban J connectivity index is 2.22. The van der Waals surface area contributed by atoms with Crippen LogP contribution in [0, 0.1) is 15.3 Å². The van der Waals surface area contributed by atoms with E-state index in [9.17, 15) is 19.1 Å². The second kappa shape index (κ2) is 5.07. The van der Waals surface area contributed by atoms with Crippen LogP contribution in [0.4, 0.5) is 4.39 Å². The van der Waals surface area contributed by atoms with Crippen LogP contribution in [-0.2, 0) is 4.79 Å². The van der Waals surface area contributed by atoms with Crippen molar-refractivity contribution in [2.45, 2.75) is 25.3 Å². The molecule has 1 aromatic rings. The summed E-state index contributed by atoms with van der Waals surface area (Å²) < 4.78 is 13.4. The second-order valence-electron chi connectivity index (χ2n) is 4.86. The molecule has 0 heterocycles. The van der Waals surface area contributed by atoms with Gasteiger partial charge >= 0.3 is 5.97 Å². The minimum absolute atomic E-state index is 0.0351. The summed E-state index contributed by atoms with van der Waals surface area (Å²) in [5.74, 6) is -1.99. The molecule has 0 bridgehead atoms. The lowest BCUT2D eigenvalue weighted by atomic mass is 9.95. The highest BCUT2D eigenvalue weighted by molar-refractivity contribution is 14.1. The maximum atomic E-state index is 13.0. The number of hydrogen-bond acceptors (Lipinski definition) is 2. The summed E-state index contributed by atoms with van der Waals surface area (Å²) in [6.45, 7) is 1.52. The SMILES string of the molecule is CC(NC(=O)c1ccc(F)cc1I)(C(=O)O)C1CC1. The van der Waals surface area contributed by atoms with E-state index >= 15 is 0 Å². The fraction of sp³-hybridized carbons (Fsp3) is 0.385. The molecule has 0 aliphatic heterocycles. The van der Waals surface area contributed by atoms with E-state index in [1.165, 1.54) is 25.1 Å². The minimum atomic E-state index is -1.26. The van der Waals surface area contributed by atoms with Crippen molar-refractivity contribution < 1.29 is 19.1 Å². The normalized spacial score (nSPS) is 17.6. The number of aliphatic carboxylic acids is 1. The topological polar surface area (TPSA) is 66.4 Å². The van der Waals surface area contributed by atoms with Gasteiger partial charge in [-0.1, -0.05) is 0 Å². The summed E-state index contributed by atoms with van der Waals surface area (Å²) in [5.41, 5.74) is -0.968. The molecule has 1 aliphatic carbocycles. The molecule has 1 aliphatic rings. The van der Waals surface area contributed by atoms with E-state index in [1.54, 1.807) is 0 Å². The largest absolute Gasteiger partial charge is 0.480 e. The van der Waals surface area contributed by atoms with Crippen LogP contribution in [0.1, 0.15) is 30.1 Å². The Morgan fingerprint density at radius 3 is 2.58 bits per heavy atom. The van der Waals surface area contributed by atoms with Gasteiger partial charge in [-0.2, -0.15) is 0 Å². The third-order valence-corrected chi connectivity index (χ3v) is 4.28. The number of benzene rings is 1. The van der Waals surface area contributed by atoms with Gasteiger partial charge in [0, 0.05) is 3.57 Å². The third kappa shape index (κ3) is 2.88. The zero-order valence-corrected chi connectivity index (χ0v) is 12.4. The fourth-order valence-electron chi connectivity index (χ4n) is 1.97. The van der Waals surface area contributed by atoms with Crippen LogP contribution in [0.5, 0.6) is 0 Å². The van der Waals surface area contributed by atoms with Gasteiger partial charge in [-0.25, -0.2) is 9.18 Å². The Bertz CT molecular complexity index is 545. The van der Waals surface area contributed by atoms with Crippen molar-refractivity contribution in [1.29, 1.82) is 0 Å². The lowest BCUT2D eigenvalue weighted by Gasteiger charge is -2.26. The smallest absolute Gasteiger partial charge is 0.329 e. The summed E-state index contributed by atoms with van der Waals surface area (Å²) in [7, 11) is 0.